The highest BCUT2D eigenvalue weighted by Gasteiger charge is 2.24. The van der Waals surface area contributed by atoms with E-state index in [4.69, 9.17) is 5.26 Å². The van der Waals surface area contributed by atoms with Crippen LogP contribution in [0, 0.1) is 28.4 Å². The molecule has 0 heterocycles. The predicted octanol–water partition coefficient (Wildman–Crippen LogP) is 3.17. The van der Waals surface area contributed by atoms with Crippen LogP contribution in [-0.2, 0) is 6.54 Å². The highest BCUT2D eigenvalue weighted by Crippen LogP contribution is 2.27. The summed E-state index contributed by atoms with van der Waals surface area (Å²) < 4.78 is 0. The van der Waals surface area contributed by atoms with Crippen LogP contribution in [0.5, 0.6) is 0 Å². The summed E-state index contributed by atoms with van der Waals surface area (Å²) >= 11 is 0. The van der Waals surface area contributed by atoms with E-state index < -0.39 is 0 Å². The summed E-state index contributed by atoms with van der Waals surface area (Å²) in [4.78, 5) is 12.8. The van der Waals surface area contributed by atoms with Gasteiger partial charge < -0.3 is 0 Å². The Kier molecular flexibility index (Phi) is 4.70. The zero-order valence-corrected chi connectivity index (χ0v) is 11.7. The third kappa shape index (κ3) is 3.14. The molecular formula is C15H19N3O2. The lowest BCUT2D eigenvalue weighted by atomic mass is 10.1. The molecule has 1 saturated carbocycles. The van der Waals surface area contributed by atoms with E-state index in [0.717, 1.165) is 18.4 Å². The fourth-order valence-corrected chi connectivity index (χ4v) is 2.93. The summed E-state index contributed by atoms with van der Waals surface area (Å²) in [6.07, 6.45) is 4.66. The van der Waals surface area contributed by atoms with Gasteiger partial charge >= 0.3 is 0 Å². The second kappa shape index (κ2) is 6.49. The molecule has 0 unspecified atom stereocenters. The Hall–Kier alpha value is -1.93. The highest BCUT2D eigenvalue weighted by molar-refractivity contribution is 5.44. The van der Waals surface area contributed by atoms with Crippen LogP contribution in [0.3, 0.4) is 0 Å². The van der Waals surface area contributed by atoms with E-state index in [0.29, 0.717) is 24.7 Å². The molecular weight excluding hydrogens is 254 g/mol. The average Bonchev–Trinajstić information content (AvgIpc) is 2.94. The lowest BCUT2D eigenvalue weighted by Gasteiger charge is -2.26. The molecule has 0 saturated heterocycles. The minimum absolute atomic E-state index is 0.158. The van der Waals surface area contributed by atoms with E-state index in [1.165, 1.54) is 18.9 Å². The minimum Gasteiger partial charge on any atom is -0.283 e. The normalized spacial score (nSPS) is 15.4. The molecule has 0 spiro atoms. The SMILES string of the molecule is Cc1c(CN(CC#N)C2CCCC2)cccc1[N+](=O)[O-]. The smallest absolute Gasteiger partial charge is 0.272 e. The minimum atomic E-state index is -0.344. The Morgan fingerprint density at radius 3 is 2.75 bits per heavy atom. The molecule has 1 aromatic rings. The zero-order valence-electron chi connectivity index (χ0n) is 11.7. The molecule has 2 rings (SSSR count). The van der Waals surface area contributed by atoms with Crippen molar-refractivity contribution in [2.24, 2.45) is 0 Å². The van der Waals surface area contributed by atoms with Crippen molar-refractivity contribution in [1.29, 1.82) is 5.26 Å². The number of hydrogen-bond donors (Lipinski definition) is 0. The Morgan fingerprint density at radius 2 is 2.15 bits per heavy atom. The number of nitrogens with zero attached hydrogens (tertiary/aromatic N) is 3. The maximum Gasteiger partial charge on any atom is 0.272 e. The summed E-state index contributed by atoms with van der Waals surface area (Å²) in [6, 6.07) is 7.82. The van der Waals surface area contributed by atoms with E-state index in [1.807, 2.05) is 6.07 Å². The summed E-state index contributed by atoms with van der Waals surface area (Å²) in [5, 5.41) is 20.0. The number of rotatable bonds is 5. The second-order valence-corrected chi connectivity index (χ2v) is 5.32. The van der Waals surface area contributed by atoms with Crippen LogP contribution in [0.4, 0.5) is 5.69 Å². The van der Waals surface area contributed by atoms with Gasteiger partial charge in [-0.15, -0.1) is 0 Å². The summed E-state index contributed by atoms with van der Waals surface area (Å²) in [7, 11) is 0. The third-order valence-corrected chi connectivity index (χ3v) is 4.10. The monoisotopic (exact) mass is 273 g/mol. The number of benzene rings is 1. The molecule has 0 bridgehead atoms. The molecule has 0 radical (unpaired) electrons. The van der Waals surface area contributed by atoms with Crippen molar-refractivity contribution in [1.82, 2.24) is 4.90 Å². The molecule has 106 valence electrons. The molecule has 0 N–H and O–H groups in total. The zero-order chi connectivity index (χ0) is 14.5. The number of nitriles is 1. The summed E-state index contributed by atoms with van der Waals surface area (Å²) in [5.41, 5.74) is 1.81. The van der Waals surface area contributed by atoms with Gasteiger partial charge in [0.2, 0.25) is 0 Å². The standard InChI is InChI=1S/C15H19N3O2/c1-12-13(5-4-8-15(12)18(19)20)11-17(10-9-16)14-6-2-3-7-14/h4-5,8,14H,2-3,6-7,10-11H2,1H3. The average molecular weight is 273 g/mol. The summed E-state index contributed by atoms with van der Waals surface area (Å²) in [6.45, 7) is 2.78. The predicted molar refractivity (Wildman–Crippen MR) is 76.1 cm³/mol. The van der Waals surface area contributed by atoms with E-state index in [1.54, 1.807) is 13.0 Å². The molecule has 0 atom stereocenters. The van der Waals surface area contributed by atoms with E-state index in [-0.39, 0.29) is 10.6 Å². The third-order valence-electron chi connectivity index (χ3n) is 4.10. The Balaban J connectivity index is 2.20. The Bertz CT molecular complexity index is 530. The van der Waals surface area contributed by atoms with Gasteiger partial charge in [-0.2, -0.15) is 5.26 Å². The Morgan fingerprint density at radius 1 is 1.45 bits per heavy atom. The van der Waals surface area contributed by atoms with Gasteiger partial charge in [0.05, 0.1) is 17.5 Å². The molecule has 1 fully saturated rings. The largest absolute Gasteiger partial charge is 0.283 e. The van der Waals surface area contributed by atoms with Gasteiger partial charge in [0.1, 0.15) is 0 Å². The molecule has 1 aliphatic rings. The molecule has 0 amide bonds. The van der Waals surface area contributed by atoms with Gasteiger partial charge in [0.15, 0.2) is 0 Å². The first-order chi connectivity index (χ1) is 9.63. The van der Waals surface area contributed by atoms with Crippen LogP contribution in [-0.4, -0.2) is 22.4 Å². The van der Waals surface area contributed by atoms with Crippen molar-refractivity contribution in [2.45, 2.75) is 45.2 Å². The van der Waals surface area contributed by atoms with Gasteiger partial charge in [-0.05, 0) is 25.3 Å². The van der Waals surface area contributed by atoms with Crippen molar-refractivity contribution in [3.8, 4) is 6.07 Å². The quantitative estimate of drug-likeness (QED) is 0.469. The van der Waals surface area contributed by atoms with Crippen molar-refractivity contribution in [3.63, 3.8) is 0 Å². The van der Waals surface area contributed by atoms with Gasteiger partial charge in [-0.3, -0.25) is 15.0 Å². The van der Waals surface area contributed by atoms with Crippen LogP contribution in [0.2, 0.25) is 0 Å². The van der Waals surface area contributed by atoms with Crippen molar-refractivity contribution in [3.05, 3.63) is 39.4 Å². The van der Waals surface area contributed by atoms with E-state index in [9.17, 15) is 10.1 Å². The molecule has 1 aromatic carbocycles. The lowest BCUT2D eigenvalue weighted by Crippen LogP contribution is -2.33. The van der Waals surface area contributed by atoms with E-state index >= 15 is 0 Å². The molecule has 5 heteroatoms. The van der Waals surface area contributed by atoms with Crippen LogP contribution in [0.15, 0.2) is 18.2 Å². The summed E-state index contributed by atoms with van der Waals surface area (Å²) in [5.74, 6) is 0. The van der Waals surface area contributed by atoms with Crippen LogP contribution in [0.1, 0.15) is 36.8 Å². The first-order valence-corrected chi connectivity index (χ1v) is 6.97. The molecule has 1 aliphatic carbocycles. The first kappa shape index (κ1) is 14.5. The van der Waals surface area contributed by atoms with Gasteiger partial charge in [-0.1, -0.05) is 25.0 Å². The molecule has 0 aromatic heterocycles. The lowest BCUT2D eigenvalue weighted by molar-refractivity contribution is -0.385. The maximum absolute atomic E-state index is 11.0. The van der Waals surface area contributed by atoms with Crippen LogP contribution >= 0.6 is 0 Å². The molecule has 20 heavy (non-hydrogen) atoms. The number of nitro benzene ring substituents is 1. The first-order valence-electron chi connectivity index (χ1n) is 6.97. The fourth-order valence-electron chi connectivity index (χ4n) is 2.93. The topological polar surface area (TPSA) is 70.2 Å². The number of hydrogen-bond acceptors (Lipinski definition) is 4. The van der Waals surface area contributed by atoms with Crippen molar-refractivity contribution >= 4 is 5.69 Å². The fraction of sp³-hybridized carbons (Fsp3) is 0.533. The number of nitro groups is 1. The van der Waals surface area contributed by atoms with Crippen LogP contribution < -0.4 is 0 Å². The second-order valence-electron chi connectivity index (χ2n) is 5.32. The van der Waals surface area contributed by atoms with Gasteiger partial charge in [0, 0.05) is 24.2 Å². The van der Waals surface area contributed by atoms with Gasteiger partial charge in [0.25, 0.3) is 5.69 Å². The van der Waals surface area contributed by atoms with Crippen molar-refractivity contribution < 1.29 is 4.92 Å². The molecule has 0 aliphatic heterocycles. The maximum atomic E-state index is 11.0. The van der Waals surface area contributed by atoms with E-state index in [2.05, 4.69) is 11.0 Å². The van der Waals surface area contributed by atoms with Gasteiger partial charge in [-0.25, -0.2) is 0 Å². The van der Waals surface area contributed by atoms with Crippen LogP contribution in [0.25, 0.3) is 0 Å². The van der Waals surface area contributed by atoms with Crippen molar-refractivity contribution in [2.75, 3.05) is 6.54 Å². The molecule has 5 nitrogen and oxygen atoms in total. The highest BCUT2D eigenvalue weighted by atomic mass is 16.6. The Labute approximate surface area is 119 Å².